The van der Waals surface area contributed by atoms with Crippen molar-refractivity contribution in [3.63, 3.8) is 0 Å². The van der Waals surface area contributed by atoms with Gasteiger partial charge >= 0.3 is 0 Å². The lowest BCUT2D eigenvalue weighted by Gasteiger charge is -1.95. The van der Waals surface area contributed by atoms with Gasteiger partial charge in [-0.2, -0.15) is 5.10 Å². The fraction of sp³-hybridized carbons (Fsp3) is 0.273. The first-order valence-corrected chi connectivity index (χ1v) is 5.63. The van der Waals surface area contributed by atoms with Crippen LogP contribution in [0.2, 0.25) is 0 Å². The number of carbonyl (C=O) groups is 1. The van der Waals surface area contributed by atoms with E-state index in [1.54, 1.807) is 22.2 Å². The number of ketones is 1. The van der Waals surface area contributed by atoms with Gasteiger partial charge in [-0.25, -0.2) is 0 Å². The summed E-state index contributed by atoms with van der Waals surface area (Å²) in [5.41, 5.74) is 0.985. The smallest absolute Gasteiger partial charge is 0.142 e. The van der Waals surface area contributed by atoms with Crippen molar-refractivity contribution in [1.29, 1.82) is 0 Å². The third-order valence-electron chi connectivity index (χ3n) is 2.11. The van der Waals surface area contributed by atoms with Crippen LogP contribution in [-0.4, -0.2) is 15.6 Å². The molecular formula is C11H12N2OS. The lowest BCUT2D eigenvalue weighted by Crippen LogP contribution is -2.04. The third kappa shape index (κ3) is 2.76. The highest BCUT2D eigenvalue weighted by molar-refractivity contribution is 7.10. The number of hydrogen-bond acceptors (Lipinski definition) is 3. The normalized spacial score (nSPS) is 10.5. The van der Waals surface area contributed by atoms with Crippen LogP contribution in [0.5, 0.6) is 0 Å². The van der Waals surface area contributed by atoms with E-state index < -0.39 is 0 Å². The molecule has 0 saturated carbocycles. The molecule has 0 atom stereocenters. The van der Waals surface area contributed by atoms with Gasteiger partial charge in [0.05, 0.1) is 6.20 Å². The fourth-order valence-electron chi connectivity index (χ4n) is 1.46. The van der Waals surface area contributed by atoms with E-state index in [1.165, 1.54) is 0 Å². The molecule has 2 heterocycles. The number of rotatable bonds is 4. The van der Waals surface area contributed by atoms with Gasteiger partial charge in [-0.15, -0.1) is 11.3 Å². The van der Waals surface area contributed by atoms with Crippen molar-refractivity contribution in [3.8, 4) is 0 Å². The van der Waals surface area contributed by atoms with Crippen LogP contribution >= 0.6 is 11.3 Å². The molecule has 0 fully saturated rings. The van der Waals surface area contributed by atoms with E-state index >= 15 is 0 Å². The Morgan fingerprint density at radius 3 is 3.00 bits per heavy atom. The van der Waals surface area contributed by atoms with Gasteiger partial charge in [-0.3, -0.25) is 9.48 Å². The van der Waals surface area contributed by atoms with Gasteiger partial charge in [0.15, 0.2) is 0 Å². The van der Waals surface area contributed by atoms with Crippen molar-refractivity contribution in [3.05, 3.63) is 40.3 Å². The minimum atomic E-state index is 0.241. The zero-order valence-corrected chi connectivity index (χ0v) is 9.33. The Kier molecular flexibility index (Phi) is 2.97. The minimum absolute atomic E-state index is 0.241. The predicted octanol–water partition coefficient (Wildman–Crippen LogP) is 1.84. The first kappa shape index (κ1) is 10.1. The van der Waals surface area contributed by atoms with E-state index in [4.69, 9.17) is 0 Å². The molecule has 0 radical (unpaired) electrons. The number of hydrogen-bond donors (Lipinski definition) is 0. The summed E-state index contributed by atoms with van der Waals surface area (Å²) in [6.45, 7) is 0. The predicted molar refractivity (Wildman–Crippen MR) is 59.9 cm³/mol. The van der Waals surface area contributed by atoms with E-state index in [1.807, 2.05) is 30.8 Å². The maximum Gasteiger partial charge on any atom is 0.142 e. The molecule has 0 spiro atoms. The summed E-state index contributed by atoms with van der Waals surface area (Å²) in [6.07, 6.45) is 4.64. The van der Waals surface area contributed by atoms with Crippen LogP contribution in [0.4, 0.5) is 0 Å². The summed E-state index contributed by atoms with van der Waals surface area (Å²) >= 11 is 1.63. The summed E-state index contributed by atoms with van der Waals surface area (Å²) in [4.78, 5) is 12.8. The largest absolute Gasteiger partial charge is 0.299 e. The molecule has 3 nitrogen and oxygen atoms in total. The zero-order valence-electron chi connectivity index (χ0n) is 8.51. The van der Waals surface area contributed by atoms with E-state index in [0.29, 0.717) is 12.8 Å². The molecule has 0 N–H and O–H groups in total. The third-order valence-corrected chi connectivity index (χ3v) is 2.99. The second-order valence-corrected chi connectivity index (χ2v) is 4.53. The molecule has 78 valence electrons. The molecule has 0 aromatic carbocycles. The molecule has 0 aliphatic carbocycles. The SMILES string of the molecule is Cn1cc(CC(=O)Cc2cccs2)cn1. The molecule has 4 heteroatoms. The average molecular weight is 220 g/mol. The Bertz CT molecular complexity index is 445. The van der Waals surface area contributed by atoms with Gasteiger partial charge in [-0.05, 0) is 17.0 Å². The van der Waals surface area contributed by atoms with Gasteiger partial charge in [0.1, 0.15) is 5.78 Å². The number of Topliss-reactive ketones (excluding diaryl/α,β-unsaturated/α-hetero) is 1. The summed E-state index contributed by atoms with van der Waals surface area (Å²) < 4.78 is 1.72. The van der Waals surface area contributed by atoms with Crippen molar-refractivity contribution in [2.24, 2.45) is 7.05 Å². The number of carbonyl (C=O) groups excluding carboxylic acids is 1. The van der Waals surface area contributed by atoms with Crippen molar-refractivity contribution < 1.29 is 4.79 Å². The highest BCUT2D eigenvalue weighted by atomic mass is 32.1. The van der Waals surface area contributed by atoms with Gasteiger partial charge in [0.2, 0.25) is 0 Å². The molecule has 0 unspecified atom stereocenters. The molecule has 2 aromatic heterocycles. The van der Waals surface area contributed by atoms with Crippen LogP contribution in [0.15, 0.2) is 29.9 Å². The molecule has 0 saturated heterocycles. The Balaban J connectivity index is 1.93. The lowest BCUT2D eigenvalue weighted by atomic mass is 10.1. The Labute approximate surface area is 92.4 Å². The van der Waals surface area contributed by atoms with Crippen LogP contribution in [0.25, 0.3) is 0 Å². The van der Waals surface area contributed by atoms with Crippen LogP contribution in [-0.2, 0) is 24.7 Å². The molecule has 0 amide bonds. The van der Waals surface area contributed by atoms with Crippen molar-refractivity contribution >= 4 is 17.1 Å². The van der Waals surface area contributed by atoms with Gasteiger partial charge in [0, 0.05) is 31.0 Å². The van der Waals surface area contributed by atoms with Crippen LogP contribution in [0.3, 0.4) is 0 Å². The monoisotopic (exact) mass is 220 g/mol. The average Bonchev–Trinajstić information content (AvgIpc) is 2.77. The molecular weight excluding hydrogens is 208 g/mol. The van der Waals surface area contributed by atoms with E-state index in [0.717, 1.165) is 10.4 Å². The first-order valence-electron chi connectivity index (χ1n) is 4.75. The number of aryl methyl sites for hydroxylation is 1. The van der Waals surface area contributed by atoms with Crippen molar-refractivity contribution in [2.75, 3.05) is 0 Å². The minimum Gasteiger partial charge on any atom is -0.299 e. The second-order valence-electron chi connectivity index (χ2n) is 3.49. The number of nitrogens with zero attached hydrogens (tertiary/aromatic N) is 2. The van der Waals surface area contributed by atoms with E-state index in [2.05, 4.69) is 5.10 Å². The molecule has 0 aliphatic heterocycles. The van der Waals surface area contributed by atoms with E-state index in [9.17, 15) is 4.79 Å². The lowest BCUT2D eigenvalue weighted by molar-refractivity contribution is -0.117. The van der Waals surface area contributed by atoms with Crippen LogP contribution in [0, 0.1) is 0 Å². The quantitative estimate of drug-likeness (QED) is 0.788. The number of aromatic nitrogens is 2. The van der Waals surface area contributed by atoms with Crippen LogP contribution in [0.1, 0.15) is 10.4 Å². The topological polar surface area (TPSA) is 34.9 Å². The second kappa shape index (κ2) is 4.40. The summed E-state index contributed by atoms with van der Waals surface area (Å²) in [5, 5.41) is 6.03. The molecule has 15 heavy (non-hydrogen) atoms. The van der Waals surface area contributed by atoms with Gasteiger partial charge in [-0.1, -0.05) is 6.07 Å². The summed E-state index contributed by atoms with van der Waals surface area (Å²) in [5.74, 6) is 0.241. The molecule has 0 bridgehead atoms. The highest BCUT2D eigenvalue weighted by Gasteiger charge is 2.06. The van der Waals surface area contributed by atoms with Crippen LogP contribution < -0.4 is 0 Å². The Hall–Kier alpha value is -1.42. The summed E-state index contributed by atoms with van der Waals surface area (Å²) in [6, 6.07) is 3.96. The van der Waals surface area contributed by atoms with E-state index in [-0.39, 0.29) is 5.78 Å². The first-order chi connectivity index (χ1) is 7.24. The summed E-state index contributed by atoms with van der Waals surface area (Å²) in [7, 11) is 1.85. The fourth-order valence-corrected chi connectivity index (χ4v) is 2.19. The maximum atomic E-state index is 11.7. The standard InChI is InChI=1S/C11H12N2OS/c1-13-8-9(7-12-13)5-10(14)6-11-3-2-4-15-11/h2-4,7-8H,5-6H2,1H3. The molecule has 2 aromatic rings. The molecule has 2 rings (SSSR count). The van der Waals surface area contributed by atoms with Crippen molar-refractivity contribution in [2.45, 2.75) is 12.8 Å². The Morgan fingerprint density at radius 1 is 1.53 bits per heavy atom. The Morgan fingerprint density at radius 2 is 2.40 bits per heavy atom. The zero-order chi connectivity index (χ0) is 10.7. The van der Waals surface area contributed by atoms with Crippen molar-refractivity contribution in [1.82, 2.24) is 9.78 Å². The van der Waals surface area contributed by atoms with Gasteiger partial charge < -0.3 is 0 Å². The molecule has 0 aliphatic rings. The van der Waals surface area contributed by atoms with Gasteiger partial charge in [0.25, 0.3) is 0 Å². The highest BCUT2D eigenvalue weighted by Crippen LogP contribution is 2.11. The maximum absolute atomic E-state index is 11.7. The number of thiophene rings is 1.